The second-order valence-corrected chi connectivity index (χ2v) is 6.32. The molecule has 23 heavy (non-hydrogen) atoms. The Kier molecular flexibility index (Phi) is 5.05. The number of carbonyl (C=O) groups is 1. The van der Waals surface area contributed by atoms with Gasteiger partial charge < -0.3 is 9.73 Å². The number of halogens is 1. The van der Waals surface area contributed by atoms with Gasteiger partial charge in [0, 0.05) is 15.6 Å². The lowest BCUT2D eigenvalue weighted by atomic mass is 10.3. The maximum Gasteiger partial charge on any atom is 0.291 e. The zero-order valence-corrected chi connectivity index (χ0v) is 13.7. The number of benzene rings is 2. The van der Waals surface area contributed by atoms with Crippen LogP contribution in [0.4, 0.5) is 5.69 Å². The average molecular weight is 344 g/mol. The normalized spacial score (nSPS) is 10.5. The number of carbonyl (C=O) groups excluding carboxylic acids is 1. The van der Waals surface area contributed by atoms with E-state index in [9.17, 15) is 4.79 Å². The molecule has 3 rings (SSSR count). The molecule has 0 fully saturated rings. The number of rotatable bonds is 5. The number of anilines is 1. The van der Waals surface area contributed by atoms with Crippen LogP contribution in [0.15, 0.2) is 76.0 Å². The highest BCUT2D eigenvalue weighted by molar-refractivity contribution is 7.98. The Hall–Kier alpha value is -2.17. The third kappa shape index (κ3) is 4.41. The van der Waals surface area contributed by atoms with Gasteiger partial charge in [0.1, 0.15) is 5.76 Å². The Bertz CT molecular complexity index is 802. The van der Waals surface area contributed by atoms with Crippen molar-refractivity contribution in [2.24, 2.45) is 0 Å². The number of furan rings is 1. The highest BCUT2D eigenvalue weighted by atomic mass is 35.5. The summed E-state index contributed by atoms with van der Waals surface area (Å²) in [5.41, 5.74) is 0.638. The van der Waals surface area contributed by atoms with Crippen LogP contribution >= 0.6 is 23.4 Å². The van der Waals surface area contributed by atoms with E-state index < -0.39 is 0 Å². The fourth-order valence-corrected chi connectivity index (χ4v) is 3.01. The van der Waals surface area contributed by atoms with E-state index in [0.29, 0.717) is 16.5 Å². The van der Waals surface area contributed by atoms with Gasteiger partial charge in [-0.05, 0) is 42.5 Å². The molecule has 0 radical (unpaired) electrons. The zero-order chi connectivity index (χ0) is 16.1. The molecular formula is C18H14ClNO2S. The van der Waals surface area contributed by atoms with Crippen LogP contribution in [-0.4, -0.2) is 5.91 Å². The summed E-state index contributed by atoms with van der Waals surface area (Å²) in [6.45, 7) is 0. The topological polar surface area (TPSA) is 42.2 Å². The standard InChI is InChI=1S/C18H14ClNO2S/c19-13-5-4-6-14(11-13)20-18(21)17-10-9-15(22-17)12-23-16-7-2-1-3-8-16/h1-11H,12H2,(H,20,21). The highest BCUT2D eigenvalue weighted by Gasteiger charge is 2.12. The van der Waals surface area contributed by atoms with E-state index >= 15 is 0 Å². The lowest BCUT2D eigenvalue weighted by molar-refractivity contribution is 0.0995. The van der Waals surface area contributed by atoms with Gasteiger partial charge in [0.15, 0.2) is 5.76 Å². The summed E-state index contributed by atoms with van der Waals surface area (Å²) < 4.78 is 5.60. The predicted molar refractivity (Wildman–Crippen MR) is 94.1 cm³/mol. The molecule has 3 aromatic rings. The Morgan fingerprint density at radius 2 is 1.87 bits per heavy atom. The molecule has 0 saturated carbocycles. The summed E-state index contributed by atoms with van der Waals surface area (Å²) in [4.78, 5) is 13.3. The molecule has 0 aliphatic carbocycles. The van der Waals surface area contributed by atoms with Gasteiger partial charge in [-0.25, -0.2) is 0 Å². The summed E-state index contributed by atoms with van der Waals surface area (Å²) in [5.74, 6) is 1.43. The Labute approximate surface area is 143 Å². The Morgan fingerprint density at radius 3 is 2.65 bits per heavy atom. The van der Waals surface area contributed by atoms with Gasteiger partial charge in [0.25, 0.3) is 5.91 Å². The summed E-state index contributed by atoms with van der Waals surface area (Å²) in [5, 5.41) is 3.33. The van der Waals surface area contributed by atoms with Crippen molar-refractivity contribution >= 4 is 35.0 Å². The number of amides is 1. The maximum absolute atomic E-state index is 12.2. The van der Waals surface area contributed by atoms with Crippen LogP contribution in [-0.2, 0) is 5.75 Å². The summed E-state index contributed by atoms with van der Waals surface area (Å²) in [6, 6.07) is 20.6. The van der Waals surface area contributed by atoms with Crippen LogP contribution in [0.2, 0.25) is 5.02 Å². The van der Waals surface area contributed by atoms with Gasteiger partial charge in [-0.2, -0.15) is 0 Å². The van der Waals surface area contributed by atoms with E-state index in [4.69, 9.17) is 16.0 Å². The molecule has 5 heteroatoms. The van der Waals surface area contributed by atoms with Gasteiger partial charge in [-0.1, -0.05) is 35.9 Å². The monoisotopic (exact) mass is 343 g/mol. The number of hydrogen-bond acceptors (Lipinski definition) is 3. The molecule has 1 amide bonds. The maximum atomic E-state index is 12.2. The van der Waals surface area contributed by atoms with Crippen molar-refractivity contribution in [2.75, 3.05) is 5.32 Å². The van der Waals surface area contributed by atoms with E-state index in [1.807, 2.05) is 36.4 Å². The van der Waals surface area contributed by atoms with Crippen molar-refractivity contribution in [3.05, 3.63) is 83.3 Å². The first-order valence-electron chi connectivity index (χ1n) is 7.04. The lowest BCUT2D eigenvalue weighted by Gasteiger charge is -2.03. The predicted octanol–water partition coefficient (Wildman–Crippen LogP) is 5.48. The van der Waals surface area contributed by atoms with Crippen molar-refractivity contribution in [1.82, 2.24) is 0 Å². The van der Waals surface area contributed by atoms with Crippen molar-refractivity contribution in [2.45, 2.75) is 10.6 Å². The molecule has 0 spiro atoms. The van der Waals surface area contributed by atoms with Crippen molar-refractivity contribution in [3.8, 4) is 0 Å². The van der Waals surface area contributed by atoms with Crippen LogP contribution in [0, 0.1) is 0 Å². The van der Waals surface area contributed by atoms with E-state index in [1.54, 1.807) is 42.1 Å². The minimum Gasteiger partial charge on any atom is -0.455 e. The molecule has 1 aromatic heterocycles. The molecule has 0 aliphatic heterocycles. The molecule has 0 saturated heterocycles. The van der Waals surface area contributed by atoms with Crippen molar-refractivity contribution < 1.29 is 9.21 Å². The third-order valence-electron chi connectivity index (χ3n) is 3.09. The van der Waals surface area contributed by atoms with Crippen LogP contribution in [0.5, 0.6) is 0 Å². The molecule has 1 heterocycles. The SMILES string of the molecule is O=C(Nc1cccc(Cl)c1)c1ccc(CSc2ccccc2)o1. The molecule has 0 bridgehead atoms. The second kappa shape index (κ2) is 7.40. The van der Waals surface area contributed by atoms with Gasteiger partial charge >= 0.3 is 0 Å². The molecular weight excluding hydrogens is 330 g/mol. The number of thioether (sulfide) groups is 1. The minimum absolute atomic E-state index is 0.286. The molecule has 116 valence electrons. The van der Waals surface area contributed by atoms with Crippen LogP contribution in [0.3, 0.4) is 0 Å². The molecule has 3 nitrogen and oxygen atoms in total. The quantitative estimate of drug-likeness (QED) is 0.624. The summed E-state index contributed by atoms with van der Waals surface area (Å²) in [6.07, 6.45) is 0. The van der Waals surface area contributed by atoms with Crippen LogP contribution < -0.4 is 5.32 Å². The Morgan fingerprint density at radius 1 is 1.04 bits per heavy atom. The van der Waals surface area contributed by atoms with Gasteiger partial charge in [-0.3, -0.25) is 4.79 Å². The third-order valence-corrected chi connectivity index (χ3v) is 4.36. The van der Waals surface area contributed by atoms with Crippen LogP contribution in [0.1, 0.15) is 16.3 Å². The molecule has 0 unspecified atom stereocenters. The fraction of sp³-hybridized carbons (Fsp3) is 0.0556. The van der Waals surface area contributed by atoms with Gasteiger partial charge in [0.2, 0.25) is 0 Å². The average Bonchev–Trinajstić information content (AvgIpc) is 3.03. The number of hydrogen-bond donors (Lipinski definition) is 1. The van der Waals surface area contributed by atoms with Crippen LogP contribution in [0.25, 0.3) is 0 Å². The van der Waals surface area contributed by atoms with E-state index in [2.05, 4.69) is 5.32 Å². The first-order valence-corrected chi connectivity index (χ1v) is 8.40. The van der Waals surface area contributed by atoms with E-state index in [1.165, 1.54) is 0 Å². The first-order chi connectivity index (χ1) is 11.2. The highest BCUT2D eigenvalue weighted by Crippen LogP contribution is 2.24. The molecule has 2 aromatic carbocycles. The lowest BCUT2D eigenvalue weighted by Crippen LogP contribution is -2.10. The molecule has 1 N–H and O–H groups in total. The summed E-state index contributed by atoms with van der Waals surface area (Å²) >= 11 is 7.56. The molecule has 0 atom stereocenters. The van der Waals surface area contributed by atoms with Gasteiger partial charge in [0.05, 0.1) is 5.75 Å². The van der Waals surface area contributed by atoms with Crippen molar-refractivity contribution in [3.63, 3.8) is 0 Å². The molecule has 0 aliphatic rings. The zero-order valence-electron chi connectivity index (χ0n) is 12.2. The fourth-order valence-electron chi connectivity index (χ4n) is 2.01. The Balaban J connectivity index is 1.61. The minimum atomic E-state index is -0.289. The smallest absolute Gasteiger partial charge is 0.291 e. The van der Waals surface area contributed by atoms with E-state index in [-0.39, 0.29) is 11.7 Å². The first kappa shape index (κ1) is 15.7. The number of nitrogens with one attached hydrogen (secondary N) is 1. The van der Waals surface area contributed by atoms with Crippen molar-refractivity contribution in [1.29, 1.82) is 0 Å². The van der Waals surface area contributed by atoms with Gasteiger partial charge in [-0.15, -0.1) is 11.8 Å². The second-order valence-electron chi connectivity index (χ2n) is 4.83. The summed E-state index contributed by atoms with van der Waals surface area (Å²) in [7, 11) is 0. The van der Waals surface area contributed by atoms with E-state index in [0.717, 1.165) is 10.7 Å². The largest absolute Gasteiger partial charge is 0.455 e.